The van der Waals surface area contributed by atoms with Crippen molar-refractivity contribution >= 4 is 52.0 Å². The third kappa shape index (κ3) is 3.05. The third-order valence-corrected chi connectivity index (χ3v) is 6.14. The lowest BCUT2D eigenvalue weighted by molar-refractivity contribution is -0.139. The van der Waals surface area contributed by atoms with Crippen molar-refractivity contribution in [3.05, 3.63) is 31.6 Å². The van der Waals surface area contributed by atoms with E-state index in [0.717, 1.165) is 23.4 Å². The molecule has 4 nitrogen and oxygen atoms in total. The number of esters is 1. The predicted molar refractivity (Wildman–Crippen MR) is 96.2 cm³/mol. The summed E-state index contributed by atoms with van der Waals surface area (Å²) in [6.07, 6.45) is 2.05. The summed E-state index contributed by atoms with van der Waals surface area (Å²) >= 11 is 13.8. The van der Waals surface area contributed by atoms with E-state index in [2.05, 4.69) is 4.99 Å². The summed E-state index contributed by atoms with van der Waals surface area (Å²) in [6, 6.07) is 1.65. The molecule has 7 heteroatoms. The molecule has 2 atom stereocenters. The van der Waals surface area contributed by atoms with Crippen molar-refractivity contribution in [3.8, 4) is 0 Å². The van der Waals surface area contributed by atoms with Gasteiger partial charge in [-0.2, -0.15) is 0 Å². The molecule has 0 unspecified atom stereocenters. The molecule has 1 aliphatic heterocycles. The number of hydrogen-bond donors (Lipinski definition) is 0. The highest BCUT2D eigenvalue weighted by atomic mass is 35.5. The Labute approximate surface area is 154 Å². The number of carbonyl (C=O) groups is 2. The van der Waals surface area contributed by atoms with E-state index in [1.807, 2.05) is 0 Å². The Morgan fingerprint density at radius 3 is 2.75 bits per heavy atom. The molecule has 0 bridgehead atoms. The fourth-order valence-corrected chi connectivity index (χ4v) is 5.19. The van der Waals surface area contributed by atoms with Gasteiger partial charge in [-0.05, 0) is 32.8 Å². The molecule has 2 aliphatic rings. The number of ether oxygens (including phenoxy) is 1. The smallest absolute Gasteiger partial charge is 0.336 e. The molecular formula is C17H17Cl2NO3S. The van der Waals surface area contributed by atoms with E-state index in [1.165, 1.54) is 11.3 Å². The summed E-state index contributed by atoms with van der Waals surface area (Å²) in [5, 5.41) is 0.476. The van der Waals surface area contributed by atoms with Crippen LogP contribution >= 0.6 is 34.5 Å². The minimum absolute atomic E-state index is 0.0971. The number of Topliss-reactive ketones (excluding diaryl/α,β-unsaturated/α-hetero) is 1. The highest BCUT2D eigenvalue weighted by Gasteiger charge is 2.45. The van der Waals surface area contributed by atoms with Crippen molar-refractivity contribution in [1.29, 1.82) is 0 Å². The van der Waals surface area contributed by atoms with Gasteiger partial charge in [0.2, 0.25) is 0 Å². The summed E-state index contributed by atoms with van der Waals surface area (Å²) in [5.74, 6) is -1.26. The maximum atomic E-state index is 12.6. The number of rotatable bonds is 3. The van der Waals surface area contributed by atoms with Gasteiger partial charge in [0.15, 0.2) is 0 Å². The van der Waals surface area contributed by atoms with Crippen LogP contribution in [0.4, 0.5) is 0 Å². The Morgan fingerprint density at radius 1 is 1.38 bits per heavy atom. The number of thiophene rings is 1. The number of ketones is 1. The number of fused-ring (bicyclic) bond motifs is 1. The van der Waals surface area contributed by atoms with Crippen LogP contribution in [0.1, 0.15) is 43.9 Å². The summed E-state index contributed by atoms with van der Waals surface area (Å²) < 4.78 is 5.75. The Hall–Kier alpha value is -1.17. The van der Waals surface area contributed by atoms with Crippen molar-refractivity contribution in [2.24, 2.45) is 10.9 Å². The van der Waals surface area contributed by atoms with Gasteiger partial charge in [0.1, 0.15) is 5.78 Å². The topological polar surface area (TPSA) is 55.7 Å². The number of halogens is 2. The zero-order valence-corrected chi connectivity index (χ0v) is 15.7. The van der Waals surface area contributed by atoms with Gasteiger partial charge >= 0.3 is 5.97 Å². The lowest BCUT2D eigenvalue weighted by Gasteiger charge is -2.35. The van der Waals surface area contributed by atoms with Crippen LogP contribution in [0, 0.1) is 5.92 Å². The van der Waals surface area contributed by atoms with Crippen LogP contribution in [0.2, 0.25) is 9.36 Å². The number of nitrogens with zero attached hydrogens (tertiary/aromatic N) is 1. The molecule has 0 saturated heterocycles. The summed E-state index contributed by atoms with van der Waals surface area (Å²) in [6.45, 7) is 3.79. The summed E-state index contributed by atoms with van der Waals surface area (Å²) in [4.78, 5) is 30.5. The number of aliphatic imine (C=N–C) groups is 1. The van der Waals surface area contributed by atoms with Crippen LogP contribution in [0.3, 0.4) is 0 Å². The van der Waals surface area contributed by atoms with Gasteiger partial charge in [-0.25, -0.2) is 4.79 Å². The van der Waals surface area contributed by atoms with Crippen molar-refractivity contribution in [1.82, 2.24) is 0 Å². The van der Waals surface area contributed by atoms with Gasteiger partial charge in [-0.1, -0.05) is 23.2 Å². The van der Waals surface area contributed by atoms with Gasteiger partial charge in [0.25, 0.3) is 0 Å². The lowest BCUT2D eigenvalue weighted by Crippen LogP contribution is -2.38. The maximum Gasteiger partial charge on any atom is 0.336 e. The predicted octanol–water partition coefficient (Wildman–Crippen LogP) is 4.80. The van der Waals surface area contributed by atoms with Crippen LogP contribution in [-0.2, 0) is 14.3 Å². The van der Waals surface area contributed by atoms with E-state index in [4.69, 9.17) is 27.9 Å². The first-order valence-electron chi connectivity index (χ1n) is 7.86. The Kier molecular flexibility index (Phi) is 5.13. The van der Waals surface area contributed by atoms with Gasteiger partial charge in [-0.3, -0.25) is 9.79 Å². The van der Waals surface area contributed by atoms with Gasteiger partial charge in [0.05, 0.1) is 27.5 Å². The molecule has 0 radical (unpaired) electrons. The molecule has 0 amide bonds. The van der Waals surface area contributed by atoms with Crippen molar-refractivity contribution < 1.29 is 14.3 Å². The standard InChI is InChI=1S/C17H17Cl2NO3S/c1-3-23-17(22)13-8(2)20-10-5-4-6-11(21)14(10)15(13)16-9(18)7-12(19)24-16/h7,14-15H,3-6H2,1-2H3/t14-,15-/m0/s1. The fourth-order valence-electron chi connectivity index (χ4n) is 3.44. The van der Waals surface area contributed by atoms with Crippen molar-refractivity contribution in [2.45, 2.75) is 39.0 Å². The molecule has 0 spiro atoms. The molecule has 1 aromatic heterocycles. The van der Waals surface area contributed by atoms with E-state index in [9.17, 15) is 9.59 Å². The minimum atomic E-state index is -0.464. The average Bonchev–Trinajstić information content (AvgIpc) is 2.84. The molecular weight excluding hydrogens is 369 g/mol. The lowest BCUT2D eigenvalue weighted by atomic mass is 9.71. The quantitative estimate of drug-likeness (QED) is 0.702. The molecule has 3 rings (SSSR count). The maximum absolute atomic E-state index is 12.6. The monoisotopic (exact) mass is 385 g/mol. The van der Waals surface area contributed by atoms with Crippen molar-refractivity contribution in [3.63, 3.8) is 0 Å². The first-order chi connectivity index (χ1) is 11.4. The first-order valence-corrected chi connectivity index (χ1v) is 9.44. The van der Waals surface area contributed by atoms with Gasteiger partial charge < -0.3 is 4.74 Å². The molecule has 1 fully saturated rings. The molecule has 2 heterocycles. The summed E-state index contributed by atoms with van der Waals surface area (Å²) in [7, 11) is 0. The molecule has 128 valence electrons. The molecule has 0 aromatic carbocycles. The zero-order chi connectivity index (χ0) is 17.4. The summed E-state index contributed by atoms with van der Waals surface area (Å²) in [5.41, 5.74) is 1.85. The van der Waals surface area contributed by atoms with Gasteiger partial charge in [0, 0.05) is 28.6 Å². The van der Waals surface area contributed by atoms with Crippen LogP contribution in [0.25, 0.3) is 0 Å². The molecule has 1 saturated carbocycles. The molecule has 24 heavy (non-hydrogen) atoms. The Balaban J connectivity index is 2.18. The third-order valence-electron chi connectivity index (χ3n) is 4.37. The van der Waals surface area contributed by atoms with E-state index in [1.54, 1.807) is 19.9 Å². The van der Waals surface area contributed by atoms with Crippen LogP contribution in [0.5, 0.6) is 0 Å². The van der Waals surface area contributed by atoms with E-state index in [0.29, 0.717) is 27.0 Å². The Morgan fingerprint density at radius 2 is 2.12 bits per heavy atom. The highest BCUT2D eigenvalue weighted by molar-refractivity contribution is 7.16. The van der Waals surface area contributed by atoms with Crippen LogP contribution < -0.4 is 0 Å². The van der Waals surface area contributed by atoms with E-state index in [-0.39, 0.29) is 12.4 Å². The van der Waals surface area contributed by atoms with Crippen molar-refractivity contribution in [2.75, 3.05) is 6.61 Å². The second-order valence-electron chi connectivity index (χ2n) is 5.86. The minimum Gasteiger partial charge on any atom is -0.463 e. The molecule has 1 aliphatic carbocycles. The van der Waals surface area contributed by atoms with E-state index >= 15 is 0 Å². The highest BCUT2D eigenvalue weighted by Crippen LogP contribution is 2.48. The van der Waals surface area contributed by atoms with Crippen LogP contribution in [-0.4, -0.2) is 24.1 Å². The number of allylic oxidation sites excluding steroid dienone is 1. The number of hydrogen-bond acceptors (Lipinski definition) is 5. The second kappa shape index (κ2) is 6.98. The molecule has 0 N–H and O–H groups in total. The average molecular weight is 386 g/mol. The number of carbonyl (C=O) groups excluding carboxylic acids is 2. The Bertz CT molecular complexity index is 766. The van der Waals surface area contributed by atoms with Crippen LogP contribution in [0.15, 0.2) is 22.3 Å². The largest absolute Gasteiger partial charge is 0.463 e. The SMILES string of the molecule is CCOC(=O)C1=C(C)N=C2CCCC(=O)[C@H]2[C@H]1c1sc(Cl)cc1Cl. The molecule has 1 aromatic rings. The van der Waals surface area contributed by atoms with E-state index < -0.39 is 17.8 Å². The first kappa shape index (κ1) is 17.6. The second-order valence-corrected chi connectivity index (χ2v) is 7.98. The zero-order valence-electron chi connectivity index (χ0n) is 13.4. The normalized spacial score (nSPS) is 23.8. The van der Waals surface area contributed by atoms with Gasteiger partial charge in [-0.15, -0.1) is 11.3 Å². The fraction of sp³-hybridized carbons (Fsp3) is 0.471.